The predicted molar refractivity (Wildman–Crippen MR) is 65.1 cm³/mol. The minimum atomic E-state index is -1.09. The molecule has 0 bridgehead atoms. The molecule has 4 nitrogen and oxygen atoms in total. The van der Waals surface area contributed by atoms with Crippen LogP contribution in [0, 0.1) is 5.82 Å². The molecule has 0 heterocycles. The molecule has 0 spiro atoms. The van der Waals surface area contributed by atoms with Crippen molar-refractivity contribution in [1.29, 1.82) is 0 Å². The first-order valence-corrected chi connectivity index (χ1v) is 5.69. The molecule has 1 aromatic carbocycles. The van der Waals surface area contributed by atoms with Crippen molar-refractivity contribution in [2.75, 3.05) is 7.05 Å². The van der Waals surface area contributed by atoms with Gasteiger partial charge in [0.1, 0.15) is 5.82 Å². The smallest absolute Gasteiger partial charge is 0.303 e. The third kappa shape index (κ3) is 4.00. The minimum absolute atomic E-state index is 0.0972. The second-order valence-corrected chi connectivity index (χ2v) is 4.27. The number of carboxylic acids is 1. The van der Waals surface area contributed by atoms with Gasteiger partial charge in [0.2, 0.25) is 5.91 Å². The Morgan fingerprint density at radius 3 is 2.67 bits per heavy atom. The second-order valence-electron chi connectivity index (χ2n) is 3.84. The van der Waals surface area contributed by atoms with E-state index in [9.17, 15) is 14.0 Å². The molecule has 1 rings (SSSR count). The zero-order valence-electron chi connectivity index (χ0n) is 9.74. The average molecular weight is 274 g/mol. The van der Waals surface area contributed by atoms with Crippen LogP contribution in [0.5, 0.6) is 0 Å². The summed E-state index contributed by atoms with van der Waals surface area (Å²) in [6.45, 7) is 0. The molecule has 0 saturated carbocycles. The van der Waals surface area contributed by atoms with Crippen molar-refractivity contribution in [2.45, 2.75) is 18.8 Å². The van der Waals surface area contributed by atoms with Crippen LogP contribution >= 0.6 is 11.6 Å². The van der Waals surface area contributed by atoms with Gasteiger partial charge in [-0.05, 0) is 23.8 Å². The molecule has 0 fully saturated rings. The molecule has 0 aliphatic carbocycles. The number of carbonyl (C=O) groups excluding carboxylic acids is 1. The summed E-state index contributed by atoms with van der Waals surface area (Å²) >= 11 is 5.75. The van der Waals surface area contributed by atoms with Gasteiger partial charge in [-0.1, -0.05) is 11.6 Å². The topological polar surface area (TPSA) is 66.4 Å². The van der Waals surface area contributed by atoms with Crippen molar-refractivity contribution in [3.05, 3.63) is 34.6 Å². The first kappa shape index (κ1) is 14.4. The SMILES string of the molecule is CNC(=O)CC(CC(=O)O)c1cc(Cl)ccc1F. The molecule has 98 valence electrons. The average Bonchev–Trinajstić information content (AvgIpc) is 2.30. The van der Waals surface area contributed by atoms with Crippen LogP contribution in [0.25, 0.3) is 0 Å². The Labute approximate surface area is 109 Å². The van der Waals surface area contributed by atoms with E-state index in [1.165, 1.54) is 19.2 Å². The van der Waals surface area contributed by atoms with Crippen molar-refractivity contribution in [1.82, 2.24) is 5.32 Å². The van der Waals surface area contributed by atoms with Crippen LogP contribution in [0.15, 0.2) is 18.2 Å². The van der Waals surface area contributed by atoms with Gasteiger partial charge in [-0.2, -0.15) is 0 Å². The summed E-state index contributed by atoms with van der Waals surface area (Å²) in [6.07, 6.45) is -0.426. The minimum Gasteiger partial charge on any atom is -0.481 e. The number of amides is 1. The zero-order valence-corrected chi connectivity index (χ0v) is 10.5. The number of nitrogens with one attached hydrogen (secondary N) is 1. The van der Waals surface area contributed by atoms with Crippen molar-refractivity contribution in [3.63, 3.8) is 0 Å². The van der Waals surface area contributed by atoms with Gasteiger partial charge in [-0.25, -0.2) is 4.39 Å². The normalized spacial score (nSPS) is 11.9. The fraction of sp³-hybridized carbons (Fsp3) is 0.333. The summed E-state index contributed by atoms with van der Waals surface area (Å²) in [4.78, 5) is 22.1. The van der Waals surface area contributed by atoms with Crippen molar-refractivity contribution in [2.24, 2.45) is 0 Å². The Hall–Kier alpha value is -1.62. The van der Waals surface area contributed by atoms with E-state index in [1.54, 1.807) is 0 Å². The van der Waals surface area contributed by atoms with Gasteiger partial charge < -0.3 is 10.4 Å². The summed E-state index contributed by atoms with van der Waals surface area (Å²) in [6, 6.07) is 3.89. The molecule has 0 aromatic heterocycles. The summed E-state index contributed by atoms with van der Waals surface area (Å²) in [5.74, 6) is -2.74. The number of carboxylic acid groups (broad SMARTS) is 1. The van der Waals surface area contributed by atoms with Gasteiger partial charge in [0.15, 0.2) is 0 Å². The van der Waals surface area contributed by atoms with Crippen molar-refractivity contribution >= 4 is 23.5 Å². The Kier molecular flexibility index (Phi) is 5.09. The molecular weight excluding hydrogens is 261 g/mol. The van der Waals surface area contributed by atoms with E-state index in [0.29, 0.717) is 5.02 Å². The lowest BCUT2D eigenvalue weighted by Crippen LogP contribution is -2.22. The van der Waals surface area contributed by atoms with Crippen molar-refractivity contribution in [3.8, 4) is 0 Å². The molecule has 2 N–H and O–H groups in total. The highest BCUT2D eigenvalue weighted by atomic mass is 35.5. The monoisotopic (exact) mass is 273 g/mol. The summed E-state index contributed by atoms with van der Waals surface area (Å²) in [5, 5.41) is 11.5. The fourth-order valence-corrected chi connectivity index (χ4v) is 1.84. The molecule has 1 atom stereocenters. The number of hydrogen-bond donors (Lipinski definition) is 2. The molecule has 1 amide bonds. The summed E-state index contributed by atoms with van der Waals surface area (Å²) in [7, 11) is 1.44. The van der Waals surface area contributed by atoms with Gasteiger partial charge in [-0.3, -0.25) is 9.59 Å². The van der Waals surface area contributed by atoms with Crippen LogP contribution in [0.2, 0.25) is 5.02 Å². The summed E-state index contributed by atoms with van der Waals surface area (Å²) < 4.78 is 13.6. The standard InChI is InChI=1S/C12H13ClFNO3/c1-15-11(16)4-7(5-12(17)18)9-6-8(13)2-3-10(9)14/h2-3,6-7H,4-5H2,1H3,(H,15,16)(H,17,18). The van der Waals surface area contributed by atoms with Crippen LogP contribution in [0.1, 0.15) is 24.3 Å². The Balaban J connectivity index is 3.04. The molecule has 0 aliphatic heterocycles. The molecule has 6 heteroatoms. The van der Waals surface area contributed by atoms with E-state index >= 15 is 0 Å². The third-order valence-corrected chi connectivity index (χ3v) is 2.76. The number of carbonyl (C=O) groups is 2. The molecule has 0 radical (unpaired) electrons. The highest BCUT2D eigenvalue weighted by molar-refractivity contribution is 6.30. The maximum atomic E-state index is 13.6. The highest BCUT2D eigenvalue weighted by Crippen LogP contribution is 2.28. The van der Waals surface area contributed by atoms with Crippen LogP contribution in [0.3, 0.4) is 0 Å². The zero-order chi connectivity index (χ0) is 13.7. The van der Waals surface area contributed by atoms with E-state index in [0.717, 1.165) is 6.07 Å². The van der Waals surface area contributed by atoms with E-state index < -0.39 is 17.7 Å². The highest BCUT2D eigenvalue weighted by Gasteiger charge is 2.22. The summed E-state index contributed by atoms with van der Waals surface area (Å²) in [5.41, 5.74) is 0.147. The lowest BCUT2D eigenvalue weighted by molar-refractivity contribution is -0.137. The maximum absolute atomic E-state index is 13.6. The number of hydrogen-bond acceptors (Lipinski definition) is 2. The van der Waals surface area contributed by atoms with Crippen LogP contribution in [-0.4, -0.2) is 24.0 Å². The number of benzene rings is 1. The first-order chi connectivity index (χ1) is 8.43. The largest absolute Gasteiger partial charge is 0.481 e. The Morgan fingerprint density at radius 2 is 2.11 bits per heavy atom. The fourth-order valence-electron chi connectivity index (χ4n) is 1.66. The lowest BCUT2D eigenvalue weighted by Gasteiger charge is -2.15. The van der Waals surface area contributed by atoms with Gasteiger partial charge in [-0.15, -0.1) is 0 Å². The second kappa shape index (κ2) is 6.35. The van der Waals surface area contributed by atoms with Crippen LogP contribution in [0.4, 0.5) is 4.39 Å². The maximum Gasteiger partial charge on any atom is 0.303 e. The van der Waals surface area contributed by atoms with Gasteiger partial charge in [0.05, 0.1) is 6.42 Å². The predicted octanol–water partition coefficient (Wildman–Crippen LogP) is 2.17. The molecular formula is C12H13ClFNO3. The lowest BCUT2D eigenvalue weighted by atomic mass is 9.91. The number of halogens is 2. The van der Waals surface area contributed by atoms with Crippen LogP contribution in [-0.2, 0) is 9.59 Å². The third-order valence-electron chi connectivity index (χ3n) is 2.53. The first-order valence-electron chi connectivity index (χ1n) is 5.31. The van der Waals surface area contributed by atoms with Gasteiger partial charge in [0.25, 0.3) is 0 Å². The molecule has 1 unspecified atom stereocenters. The van der Waals surface area contributed by atoms with Gasteiger partial charge in [0, 0.05) is 24.4 Å². The number of aliphatic carboxylic acids is 1. The molecule has 1 aromatic rings. The van der Waals surface area contributed by atoms with Crippen molar-refractivity contribution < 1.29 is 19.1 Å². The molecule has 0 aliphatic rings. The van der Waals surface area contributed by atoms with Crippen LogP contribution < -0.4 is 5.32 Å². The van der Waals surface area contributed by atoms with Gasteiger partial charge >= 0.3 is 5.97 Å². The molecule has 0 saturated heterocycles. The molecule has 18 heavy (non-hydrogen) atoms. The Bertz CT molecular complexity index is 465. The van der Waals surface area contributed by atoms with E-state index in [2.05, 4.69) is 5.32 Å². The van der Waals surface area contributed by atoms with E-state index in [-0.39, 0.29) is 24.3 Å². The van der Waals surface area contributed by atoms with E-state index in [4.69, 9.17) is 16.7 Å². The van der Waals surface area contributed by atoms with E-state index in [1.807, 2.05) is 0 Å². The Morgan fingerprint density at radius 1 is 1.44 bits per heavy atom. The quantitative estimate of drug-likeness (QED) is 0.864. The number of rotatable bonds is 5.